The van der Waals surface area contributed by atoms with Crippen LogP contribution in [0.15, 0.2) is 42.7 Å². The zero-order valence-electron chi connectivity index (χ0n) is 19.4. The van der Waals surface area contributed by atoms with Crippen molar-refractivity contribution in [3.63, 3.8) is 0 Å². The fraction of sp³-hybridized carbons (Fsp3) is 0.346. The van der Waals surface area contributed by atoms with Gasteiger partial charge in [0.05, 0.1) is 11.1 Å². The molecule has 1 aliphatic rings. The van der Waals surface area contributed by atoms with Crippen LogP contribution in [0.2, 0.25) is 0 Å². The summed E-state index contributed by atoms with van der Waals surface area (Å²) in [6.45, 7) is 11.5. The van der Waals surface area contributed by atoms with Gasteiger partial charge in [0.1, 0.15) is 17.4 Å². The summed E-state index contributed by atoms with van der Waals surface area (Å²) in [5.74, 6) is 1.29. The second kappa shape index (κ2) is 7.62. The van der Waals surface area contributed by atoms with Crippen LogP contribution in [0.25, 0.3) is 11.1 Å². The van der Waals surface area contributed by atoms with E-state index in [0.29, 0.717) is 11.5 Å². The van der Waals surface area contributed by atoms with E-state index in [0.717, 1.165) is 33.6 Å². The van der Waals surface area contributed by atoms with E-state index in [2.05, 4.69) is 26.3 Å². The Labute approximate surface area is 188 Å². The van der Waals surface area contributed by atoms with Crippen LogP contribution in [0.1, 0.15) is 55.9 Å². The highest BCUT2D eigenvalue weighted by Crippen LogP contribution is 2.36. The summed E-state index contributed by atoms with van der Waals surface area (Å²) in [5, 5.41) is 2.83. The van der Waals surface area contributed by atoms with E-state index in [-0.39, 0.29) is 18.1 Å². The van der Waals surface area contributed by atoms with Gasteiger partial charge in [0, 0.05) is 35.4 Å². The van der Waals surface area contributed by atoms with E-state index in [1.54, 1.807) is 0 Å². The summed E-state index contributed by atoms with van der Waals surface area (Å²) in [7, 11) is 0. The molecule has 1 amide bonds. The molecule has 0 unspecified atom stereocenters. The predicted molar refractivity (Wildman–Crippen MR) is 125 cm³/mol. The number of Topliss-reactive ketones (excluding diaryl/α,β-unsaturated/α-hetero) is 1. The molecule has 3 heterocycles. The molecule has 4 rings (SSSR count). The lowest BCUT2D eigenvalue weighted by molar-refractivity contribution is -0.123. The van der Waals surface area contributed by atoms with Gasteiger partial charge in [-0.25, -0.2) is 15.0 Å². The van der Waals surface area contributed by atoms with Crippen molar-refractivity contribution >= 4 is 17.5 Å². The van der Waals surface area contributed by atoms with Crippen molar-refractivity contribution in [3.8, 4) is 11.1 Å². The normalized spacial score (nSPS) is 14.8. The Morgan fingerprint density at radius 1 is 1.03 bits per heavy atom. The number of carbonyl (C=O) groups is 2. The highest BCUT2D eigenvalue weighted by atomic mass is 16.2. The number of aromatic nitrogens is 3. The summed E-state index contributed by atoms with van der Waals surface area (Å²) in [6.07, 6.45) is 3.82. The van der Waals surface area contributed by atoms with Gasteiger partial charge in [0.25, 0.3) is 0 Å². The predicted octanol–water partition coefficient (Wildman–Crippen LogP) is 4.47. The third-order valence-electron chi connectivity index (χ3n) is 6.48. The fourth-order valence-electron chi connectivity index (χ4n) is 4.21. The number of fused-ring (bicyclic) bond motifs is 1. The smallest absolute Gasteiger partial charge is 0.235 e. The lowest BCUT2D eigenvalue weighted by Gasteiger charge is -2.26. The zero-order chi connectivity index (χ0) is 23.3. The van der Waals surface area contributed by atoms with Crippen molar-refractivity contribution in [2.24, 2.45) is 0 Å². The number of anilines is 1. The number of hydrogen-bond donors (Lipinski definition) is 1. The number of amides is 1. The molecule has 0 radical (unpaired) electrons. The number of benzene rings is 1. The Kier molecular flexibility index (Phi) is 5.19. The maximum atomic E-state index is 13.3. The quantitative estimate of drug-likeness (QED) is 0.648. The Morgan fingerprint density at radius 2 is 1.72 bits per heavy atom. The fourth-order valence-corrected chi connectivity index (χ4v) is 4.21. The Balaban J connectivity index is 1.57. The van der Waals surface area contributed by atoms with Crippen molar-refractivity contribution in [3.05, 3.63) is 70.9 Å². The SMILES string of the molecule is Cc1ncc(-c2ccc(C(C)(C)C(=O)Cc3ccc4c(n3)NC(=O)C4(C)C)c(C)c2)cn1. The van der Waals surface area contributed by atoms with Gasteiger partial charge in [-0.1, -0.05) is 24.3 Å². The molecule has 0 saturated carbocycles. The number of nitrogens with one attached hydrogen (secondary N) is 1. The number of nitrogens with zero attached hydrogens (tertiary/aromatic N) is 3. The van der Waals surface area contributed by atoms with Gasteiger partial charge in [-0.05, 0) is 64.3 Å². The molecule has 0 saturated heterocycles. The van der Waals surface area contributed by atoms with E-state index in [1.165, 1.54) is 0 Å². The monoisotopic (exact) mass is 428 g/mol. The lowest BCUT2D eigenvalue weighted by atomic mass is 9.76. The van der Waals surface area contributed by atoms with Gasteiger partial charge in [-0.15, -0.1) is 0 Å². The van der Waals surface area contributed by atoms with Crippen molar-refractivity contribution < 1.29 is 9.59 Å². The minimum atomic E-state index is -0.685. The first-order chi connectivity index (χ1) is 15.0. The molecule has 6 nitrogen and oxygen atoms in total. The van der Waals surface area contributed by atoms with E-state index < -0.39 is 10.8 Å². The van der Waals surface area contributed by atoms with Gasteiger partial charge in [-0.2, -0.15) is 0 Å². The van der Waals surface area contributed by atoms with Gasteiger partial charge >= 0.3 is 0 Å². The molecule has 32 heavy (non-hydrogen) atoms. The van der Waals surface area contributed by atoms with Gasteiger partial charge in [-0.3, -0.25) is 9.59 Å². The summed E-state index contributed by atoms with van der Waals surface area (Å²) in [4.78, 5) is 38.6. The average molecular weight is 429 g/mol. The van der Waals surface area contributed by atoms with Crippen molar-refractivity contribution in [1.29, 1.82) is 0 Å². The minimum absolute atomic E-state index is 0.0708. The number of aryl methyl sites for hydroxylation is 2. The second-order valence-corrected chi connectivity index (χ2v) is 9.55. The zero-order valence-corrected chi connectivity index (χ0v) is 19.4. The van der Waals surface area contributed by atoms with Gasteiger partial charge < -0.3 is 5.32 Å². The molecule has 1 N–H and O–H groups in total. The highest BCUT2D eigenvalue weighted by Gasteiger charge is 2.39. The van der Waals surface area contributed by atoms with E-state index >= 15 is 0 Å². The number of carbonyl (C=O) groups excluding carboxylic acids is 2. The molecule has 3 aromatic rings. The molecular weight excluding hydrogens is 400 g/mol. The van der Waals surface area contributed by atoms with Crippen molar-refractivity contribution in [2.75, 3.05) is 5.32 Å². The standard InChI is InChI=1S/C26H28N4O2/c1-15-11-17(18-13-27-16(2)28-14-18)7-9-20(15)25(3,4)22(31)12-19-8-10-21-23(29-19)30-24(32)26(21,5)6/h7-11,13-14H,12H2,1-6H3,(H,29,30,32). The first-order valence-corrected chi connectivity index (χ1v) is 10.8. The first-order valence-electron chi connectivity index (χ1n) is 10.8. The van der Waals surface area contributed by atoms with Crippen LogP contribution in [0.4, 0.5) is 5.82 Å². The summed E-state index contributed by atoms with van der Waals surface area (Å²) in [6, 6.07) is 9.85. The van der Waals surface area contributed by atoms with Crippen molar-refractivity contribution in [2.45, 2.75) is 58.8 Å². The molecule has 2 aromatic heterocycles. The summed E-state index contributed by atoms with van der Waals surface area (Å²) >= 11 is 0. The molecule has 0 spiro atoms. The minimum Gasteiger partial charge on any atom is -0.310 e. The van der Waals surface area contributed by atoms with Crippen molar-refractivity contribution in [1.82, 2.24) is 15.0 Å². The number of rotatable bonds is 5. The van der Waals surface area contributed by atoms with Gasteiger partial charge in [0.2, 0.25) is 5.91 Å². The van der Waals surface area contributed by atoms with E-state index in [4.69, 9.17) is 0 Å². The largest absolute Gasteiger partial charge is 0.310 e. The molecule has 0 aliphatic carbocycles. The third-order valence-corrected chi connectivity index (χ3v) is 6.48. The van der Waals surface area contributed by atoms with Crippen LogP contribution in [0.5, 0.6) is 0 Å². The molecule has 0 bridgehead atoms. The summed E-state index contributed by atoms with van der Waals surface area (Å²) < 4.78 is 0. The number of pyridine rings is 1. The van der Waals surface area contributed by atoms with Crippen LogP contribution >= 0.6 is 0 Å². The molecule has 0 atom stereocenters. The topological polar surface area (TPSA) is 84.8 Å². The van der Waals surface area contributed by atoms with Crippen LogP contribution in [0.3, 0.4) is 0 Å². The van der Waals surface area contributed by atoms with Gasteiger partial charge in [0.15, 0.2) is 0 Å². The molecule has 0 fully saturated rings. The van der Waals surface area contributed by atoms with Crippen LogP contribution in [-0.2, 0) is 26.8 Å². The Hall–Kier alpha value is -3.41. The molecule has 1 aliphatic heterocycles. The third kappa shape index (κ3) is 3.70. The van der Waals surface area contributed by atoms with Crippen LogP contribution < -0.4 is 5.32 Å². The number of ketones is 1. The Bertz CT molecular complexity index is 1230. The molecule has 164 valence electrons. The van der Waals surface area contributed by atoms with E-state index in [9.17, 15) is 9.59 Å². The maximum absolute atomic E-state index is 13.3. The van der Waals surface area contributed by atoms with Crippen LogP contribution in [0, 0.1) is 13.8 Å². The first kappa shape index (κ1) is 21.8. The number of hydrogen-bond acceptors (Lipinski definition) is 5. The average Bonchev–Trinajstić information content (AvgIpc) is 2.96. The molecule has 6 heteroatoms. The molecular formula is C26H28N4O2. The lowest BCUT2D eigenvalue weighted by Crippen LogP contribution is -2.31. The maximum Gasteiger partial charge on any atom is 0.235 e. The second-order valence-electron chi connectivity index (χ2n) is 9.55. The van der Waals surface area contributed by atoms with E-state index in [1.807, 2.05) is 78.2 Å². The highest BCUT2D eigenvalue weighted by molar-refractivity contribution is 6.04. The summed E-state index contributed by atoms with van der Waals surface area (Å²) in [5.41, 5.74) is 4.22. The molecule has 1 aromatic carbocycles. The Morgan fingerprint density at radius 3 is 2.38 bits per heavy atom. The van der Waals surface area contributed by atoms with Crippen LogP contribution in [-0.4, -0.2) is 26.6 Å².